The molecular formula is C11H13N3. The van der Waals surface area contributed by atoms with Crippen molar-refractivity contribution in [3.63, 3.8) is 0 Å². The van der Waals surface area contributed by atoms with Crippen LogP contribution in [0.1, 0.15) is 16.7 Å². The number of hydrogen-bond donors (Lipinski definition) is 0. The van der Waals surface area contributed by atoms with Crippen molar-refractivity contribution in [2.24, 2.45) is 0 Å². The minimum Gasteiger partial charge on any atom is -0.249 e. The fourth-order valence-electron chi connectivity index (χ4n) is 1.47. The first-order chi connectivity index (χ1) is 6.77. The molecule has 0 bridgehead atoms. The standard InChI is InChI=1S/C11H13N3/c1-9-4-3-5-11(10(9)2)6-14-8-12-7-13-14/h3-5,7-8H,6H2,1-2H3. The fourth-order valence-corrected chi connectivity index (χ4v) is 1.47. The van der Waals surface area contributed by atoms with E-state index in [1.54, 1.807) is 12.7 Å². The van der Waals surface area contributed by atoms with E-state index in [1.165, 1.54) is 16.7 Å². The van der Waals surface area contributed by atoms with Gasteiger partial charge in [-0.05, 0) is 30.5 Å². The average molecular weight is 187 g/mol. The molecule has 0 spiro atoms. The summed E-state index contributed by atoms with van der Waals surface area (Å²) in [6, 6.07) is 6.33. The van der Waals surface area contributed by atoms with E-state index in [9.17, 15) is 0 Å². The zero-order chi connectivity index (χ0) is 9.97. The van der Waals surface area contributed by atoms with Crippen molar-refractivity contribution in [1.82, 2.24) is 14.8 Å². The number of rotatable bonds is 2. The summed E-state index contributed by atoms with van der Waals surface area (Å²) in [5.41, 5.74) is 3.96. The van der Waals surface area contributed by atoms with Crippen LogP contribution in [-0.2, 0) is 6.54 Å². The van der Waals surface area contributed by atoms with E-state index in [2.05, 4.69) is 42.1 Å². The van der Waals surface area contributed by atoms with Crippen LogP contribution in [0, 0.1) is 13.8 Å². The van der Waals surface area contributed by atoms with Gasteiger partial charge in [0.15, 0.2) is 0 Å². The van der Waals surface area contributed by atoms with Gasteiger partial charge in [0, 0.05) is 0 Å². The zero-order valence-corrected chi connectivity index (χ0v) is 8.44. The number of aryl methyl sites for hydroxylation is 1. The molecular weight excluding hydrogens is 174 g/mol. The molecule has 1 aromatic carbocycles. The Bertz CT molecular complexity index is 418. The van der Waals surface area contributed by atoms with Crippen LogP contribution in [0.3, 0.4) is 0 Å². The first-order valence-electron chi connectivity index (χ1n) is 4.65. The highest BCUT2D eigenvalue weighted by Crippen LogP contribution is 2.13. The van der Waals surface area contributed by atoms with Gasteiger partial charge in [-0.15, -0.1) is 0 Å². The van der Waals surface area contributed by atoms with E-state index in [1.807, 2.05) is 4.68 Å². The van der Waals surface area contributed by atoms with Crippen molar-refractivity contribution in [3.8, 4) is 0 Å². The second kappa shape index (κ2) is 3.62. The van der Waals surface area contributed by atoms with Gasteiger partial charge in [0.2, 0.25) is 0 Å². The molecule has 0 fully saturated rings. The Kier molecular flexibility index (Phi) is 2.31. The van der Waals surface area contributed by atoms with Crippen LogP contribution < -0.4 is 0 Å². The molecule has 72 valence electrons. The number of aromatic nitrogens is 3. The predicted octanol–water partition coefficient (Wildman–Crippen LogP) is 1.94. The van der Waals surface area contributed by atoms with Gasteiger partial charge in [0.1, 0.15) is 12.7 Å². The lowest BCUT2D eigenvalue weighted by atomic mass is 10.0. The van der Waals surface area contributed by atoms with Gasteiger partial charge in [-0.2, -0.15) is 5.10 Å². The van der Waals surface area contributed by atoms with Crippen molar-refractivity contribution in [2.75, 3.05) is 0 Å². The Labute approximate surface area is 83.4 Å². The second-order valence-electron chi connectivity index (χ2n) is 3.45. The van der Waals surface area contributed by atoms with E-state index in [-0.39, 0.29) is 0 Å². The fraction of sp³-hybridized carbons (Fsp3) is 0.273. The molecule has 0 aliphatic carbocycles. The van der Waals surface area contributed by atoms with Crippen molar-refractivity contribution in [3.05, 3.63) is 47.5 Å². The van der Waals surface area contributed by atoms with Gasteiger partial charge in [0.25, 0.3) is 0 Å². The summed E-state index contributed by atoms with van der Waals surface area (Å²) in [7, 11) is 0. The molecule has 0 saturated carbocycles. The van der Waals surface area contributed by atoms with E-state index < -0.39 is 0 Å². The molecule has 0 unspecified atom stereocenters. The molecule has 0 aliphatic rings. The van der Waals surface area contributed by atoms with E-state index in [4.69, 9.17) is 0 Å². The maximum Gasteiger partial charge on any atom is 0.137 e. The van der Waals surface area contributed by atoms with Gasteiger partial charge in [0.05, 0.1) is 6.54 Å². The normalized spacial score (nSPS) is 10.4. The maximum absolute atomic E-state index is 4.09. The lowest BCUT2D eigenvalue weighted by Crippen LogP contribution is -2.02. The van der Waals surface area contributed by atoms with Crippen LogP contribution in [0.5, 0.6) is 0 Å². The van der Waals surface area contributed by atoms with E-state index in [0.29, 0.717) is 0 Å². The largest absolute Gasteiger partial charge is 0.249 e. The van der Waals surface area contributed by atoms with Crippen molar-refractivity contribution in [2.45, 2.75) is 20.4 Å². The molecule has 1 heterocycles. The first-order valence-corrected chi connectivity index (χ1v) is 4.65. The van der Waals surface area contributed by atoms with Gasteiger partial charge < -0.3 is 0 Å². The molecule has 1 aromatic heterocycles. The lowest BCUT2D eigenvalue weighted by Gasteiger charge is -2.07. The average Bonchev–Trinajstić information content (AvgIpc) is 2.66. The molecule has 0 aliphatic heterocycles. The Hall–Kier alpha value is -1.64. The summed E-state index contributed by atoms with van der Waals surface area (Å²) in [5.74, 6) is 0. The molecule has 0 amide bonds. The Morgan fingerprint density at radius 2 is 2.14 bits per heavy atom. The molecule has 14 heavy (non-hydrogen) atoms. The predicted molar refractivity (Wildman–Crippen MR) is 55.0 cm³/mol. The van der Waals surface area contributed by atoms with Gasteiger partial charge in [-0.3, -0.25) is 0 Å². The molecule has 2 aromatic rings. The minimum absolute atomic E-state index is 0.799. The third-order valence-electron chi connectivity index (χ3n) is 2.52. The second-order valence-corrected chi connectivity index (χ2v) is 3.45. The van der Waals surface area contributed by atoms with Crippen LogP contribution in [0.15, 0.2) is 30.9 Å². The van der Waals surface area contributed by atoms with Crippen molar-refractivity contribution >= 4 is 0 Å². The number of benzene rings is 1. The van der Waals surface area contributed by atoms with Crippen LogP contribution >= 0.6 is 0 Å². The van der Waals surface area contributed by atoms with Crippen LogP contribution in [0.25, 0.3) is 0 Å². The van der Waals surface area contributed by atoms with E-state index in [0.717, 1.165) is 6.54 Å². The van der Waals surface area contributed by atoms with E-state index >= 15 is 0 Å². The summed E-state index contributed by atoms with van der Waals surface area (Å²) < 4.78 is 1.84. The molecule has 3 nitrogen and oxygen atoms in total. The van der Waals surface area contributed by atoms with Crippen LogP contribution in [-0.4, -0.2) is 14.8 Å². The summed E-state index contributed by atoms with van der Waals surface area (Å²) in [5, 5.41) is 4.09. The van der Waals surface area contributed by atoms with Crippen molar-refractivity contribution < 1.29 is 0 Å². The van der Waals surface area contributed by atoms with Gasteiger partial charge in [-0.25, -0.2) is 9.67 Å². The Morgan fingerprint density at radius 3 is 2.86 bits per heavy atom. The SMILES string of the molecule is Cc1cccc(Cn2cncn2)c1C. The number of hydrogen-bond acceptors (Lipinski definition) is 2. The number of nitrogens with zero attached hydrogens (tertiary/aromatic N) is 3. The highest BCUT2D eigenvalue weighted by Gasteiger charge is 2.01. The maximum atomic E-state index is 4.09. The third kappa shape index (κ3) is 1.66. The third-order valence-corrected chi connectivity index (χ3v) is 2.52. The monoisotopic (exact) mass is 187 g/mol. The summed E-state index contributed by atoms with van der Waals surface area (Å²) in [4.78, 5) is 3.92. The van der Waals surface area contributed by atoms with Crippen molar-refractivity contribution in [1.29, 1.82) is 0 Å². The summed E-state index contributed by atoms with van der Waals surface area (Å²) in [6.45, 7) is 5.06. The lowest BCUT2D eigenvalue weighted by molar-refractivity contribution is 0.681. The van der Waals surface area contributed by atoms with Gasteiger partial charge >= 0.3 is 0 Å². The van der Waals surface area contributed by atoms with Crippen LogP contribution in [0.4, 0.5) is 0 Å². The smallest absolute Gasteiger partial charge is 0.137 e. The molecule has 0 radical (unpaired) electrons. The highest BCUT2D eigenvalue weighted by molar-refractivity contribution is 5.33. The summed E-state index contributed by atoms with van der Waals surface area (Å²) >= 11 is 0. The minimum atomic E-state index is 0.799. The topological polar surface area (TPSA) is 30.7 Å². The molecule has 0 saturated heterocycles. The Balaban J connectivity index is 2.29. The Morgan fingerprint density at radius 1 is 1.29 bits per heavy atom. The molecule has 2 rings (SSSR count). The molecule has 3 heteroatoms. The highest BCUT2D eigenvalue weighted by atomic mass is 15.3. The molecule has 0 N–H and O–H groups in total. The zero-order valence-electron chi connectivity index (χ0n) is 8.44. The quantitative estimate of drug-likeness (QED) is 0.719. The molecule has 0 atom stereocenters. The first kappa shape index (κ1) is 8.94. The van der Waals surface area contributed by atoms with Crippen LogP contribution in [0.2, 0.25) is 0 Å². The summed E-state index contributed by atoms with van der Waals surface area (Å²) in [6.07, 6.45) is 3.30. The van der Waals surface area contributed by atoms with Gasteiger partial charge in [-0.1, -0.05) is 18.2 Å².